The zero-order chi connectivity index (χ0) is 18.3. The fourth-order valence-electron chi connectivity index (χ4n) is 2.98. The maximum atomic E-state index is 12.2. The third-order valence-electron chi connectivity index (χ3n) is 4.49. The summed E-state index contributed by atoms with van der Waals surface area (Å²) in [6, 6.07) is 3.94. The summed E-state index contributed by atoms with van der Waals surface area (Å²) in [5, 5.41) is 12.2. The summed E-state index contributed by atoms with van der Waals surface area (Å²) in [6.45, 7) is 3.77. The number of amides is 3. The summed E-state index contributed by atoms with van der Waals surface area (Å²) in [4.78, 5) is 29.6. The Bertz CT molecular complexity index is 846. The maximum Gasteiger partial charge on any atom is 0.325 e. The van der Waals surface area contributed by atoms with E-state index in [4.69, 9.17) is 0 Å². The Morgan fingerprint density at radius 2 is 2.12 bits per heavy atom. The first-order chi connectivity index (χ1) is 12.5. The molecule has 0 unspecified atom stereocenters. The van der Waals surface area contributed by atoms with Crippen LogP contribution in [0.3, 0.4) is 0 Å². The standard InChI is InChI=1S/C17H20N6O2S/c1-17(2)14(24)22(15(25)19-17)8-9-26-16-21-20-13(23(16)12-5-6-12)11-4-3-7-18-10-11/h3-4,7,10,12H,5-6,8-9H2,1-2H3,(H,19,25). The largest absolute Gasteiger partial charge is 0.325 e. The summed E-state index contributed by atoms with van der Waals surface area (Å²) in [7, 11) is 0. The van der Waals surface area contributed by atoms with Crippen LogP contribution in [-0.4, -0.2) is 54.4 Å². The normalized spacial score (nSPS) is 19.1. The molecule has 2 fully saturated rings. The topological polar surface area (TPSA) is 93.0 Å². The van der Waals surface area contributed by atoms with E-state index in [0.717, 1.165) is 29.4 Å². The monoisotopic (exact) mass is 372 g/mol. The van der Waals surface area contributed by atoms with Gasteiger partial charge in [0.1, 0.15) is 5.54 Å². The molecule has 1 saturated heterocycles. The van der Waals surface area contributed by atoms with Crippen molar-refractivity contribution in [2.75, 3.05) is 12.3 Å². The molecule has 26 heavy (non-hydrogen) atoms. The summed E-state index contributed by atoms with van der Waals surface area (Å²) >= 11 is 1.52. The second kappa shape index (κ2) is 6.39. The molecule has 1 N–H and O–H groups in total. The van der Waals surface area contributed by atoms with E-state index in [2.05, 4.69) is 25.1 Å². The van der Waals surface area contributed by atoms with Gasteiger partial charge in [-0.2, -0.15) is 0 Å². The molecule has 8 nitrogen and oxygen atoms in total. The Morgan fingerprint density at radius 1 is 1.31 bits per heavy atom. The Balaban J connectivity index is 1.47. The van der Waals surface area contributed by atoms with Gasteiger partial charge in [0, 0.05) is 36.3 Å². The number of carbonyl (C=O) groups excluding carboxylic acids is 2. The van der Waals surface area contributed by atoms with Crippen LogP contribution in [0.2, 0.25) is 0 Å². The Morgan fingerprint density at radius 3 is 2.73 bits per heavy atom. The van der Waals surface area contributed by atoms with E-state index in [9.17, 15) is 9.59 Å². The van der Waals surface area contributed by atoms with Gasteiger partial charge in [0.25, 0.3) is 5.91 Å². The van der Waals surface area contributed by atoms with Gasteiger partial charge in [-0.25, -0.2) is 4.79 Å². The SMILES string of the molecule is CC1(C)NC(=O)N(CCSc2nnc(-c3cccnc3)n2C2CC2)C1=O. The van der Waals surface area contributed by atoms with Gasteiger partial charge >= 0.3 is 6.03 Å². The zero-order valence-corrected chi connectivity index (χ0v) is 15.5. The van der Waals surface area contributed by atoms with E-state index in [1.165, 1.54) is 16.7 Å². The highest BCUT2D eigenvalue weighted by Gasteiger charge is 2.43. The Hall–Kier alpha value is -2.42. The number of pyridine rings is 1. The molecule has 2 aromatic rings. The van der Waals surface area contributed by atoms with Gasteiger partial charge in [0.15, 0.2) is 11.0 Å². The first-order valence-corrected chi connectivity index (χ1v) is 9.58. The molecule has 1 aliphatic carbocycles. The van der Waals surface area contributed by atoms with Gasteiger partial charge in [-0.05, 0) is 38.8 Å². The number of carbonyl (C=O) groups is 2. The van der Waals surface area contributed by atoms with Gasteiger partial charge < -0.3 is 5.32 Å². The number of hydrogen-bond donors (Lipinski definition) is 1. The summed E-state index contributed by atoms with van der Waals surface area (Å²) in [5.74, 6) is 1.20. The maximum absolute atomic E-state index is 12.2. The molecule has 3 amide bonds. The van der Waals surface area contributed by atoms with E-state index < -0.39 is 5.54 Å². The molecule has 0 bridgehead atoms. The van der Waals surface area contributed by atoms with Crippen molar-refractivity contribution in [3.8, 4) is 11.4 Å². The van der Waals surface area contributed by atoms with Gasteiger partial charge in [-0.1, -0.05) is 11.8 Å². The minimum Gasteiger partial charge on any atom is -0.324 e. The third kappa shape index (κ3) is 3.07. The molecule has 9 heteroatoms. The van der Waals surface area contributed by atoms with Crippen molar-refractivity contribution in [1.29, 1.82) is 0 Å². The van der Waals surface area contributed by atoms with Crippen molar-refractivity contribution in [3.05, 3.63) is 24.5 Å². The van der Waals surface area contributed by atoms with Gasteiger partial charge in [0.05, 0.1) is 0 Å². The van der Waals surface area contributed by atoms with E-state index >= 15 is 0 Å². The number of thioether (sulfide) groups is 1. The van der Waals surface area contributed by atoms with Crippen molar-refractivity contribution in [3.63, 3.8) is 0 Å². The third-order valence-corrected chi connectivity index (χ3v) is 5.41. The molecular formula is C17H20N6O2S. The van der Waals surface area contributed by atoms with E-state index in [1.54, 1.807) is 26.2 Å². The molecule has 0 aromatic carbocycles. The van der Waals surface area contributed by atoms with Gasteiger partial charge in [-0.3, -0.25) is 19.2 Å². The second-order valence-electron chi connectivity index (χ2n) is 7.01. The minimum absolute atomic E-state index is 0.192. The lowest BCUT2D eigenvalue weighted by Crippen LogP contribution is -2.40. The Kier molecular flexibility index (Phi) is 4.18. The van der Waals surface area contributed by atoms with E-state index in [-0.39, 0.29) is 11.9 Å². The lowest BCUT2D eigenvalue weighted by molar-refractivity contribution is -0.130. The van der Waals surface area contributed by atoms with Crippen molar-refractivity contribution in [2.45, 2.75) is 43.4 Å². The van der Waals surface area contributed by atoms with Crippen molar-refractivity contribution in [1.82, 2.24) is 30.0 Å². The van der Waals surface area contributed by atoms with Crippen molar-refractivity contribution in [2.24, 2.45) is 0 Å². The molecule has 1 aliphatic heterocycles. The molecule has 0 spiro atoms. The average Bonchev–Trinajstić information content (AvgIpc) is 3.33. The zero-order valence-electron chi connectivity index (χ0n) is 14.7. The molecule has 3 heterocycles. The van der Waals surface area contributed by atoms with Crippen molar-refractivity contribution >= 4 is 23.7 Å². The molecule has 0 radical (unpaired) electrons. The minimum atomic E-state index is -0.830. The van der Waals surface area contributed by atoms with Gasteiger partial charge in [-0.15, -0.1) is 10.2 Å². The first kappa shape index (κ1) is 17.0. The highest BCUT2D eigenvalue weighted by atomic mass is 32.2. The molecule has 1 saturated carbocycles. The van der Waals surface area contributed by atoms with Crippen LogP contribution < -0.4 is 5.32 Å². The highest BCUT2D eigenvalue weighted by molar-refractivity contribution is 7.99. The first-order valence-electron chi connectivity index (χ1n) is 8.59. The van der Waals surface area contributed by atoms with Crippen LogP contribution in [0, 0.1) is 0 Å². The predicted octanol–water partition coefficient (Wildman–Crippen LogP) is 2.10. The average molecular weight is 372 g/mol. The molecule has 136 valence electrons. The number of aromatic nitrogens is 4. The smallest absolute Gasteiger partial charge is 0.324 e. The molecule has 0 atom stereocenters. The van der Waals surface area contributed by atoms with Crippen molar-refractivity contribution < 1.29 is 9.59 Å². The van der Waals surface area contributed by atoms with Crippen LogP contribution in [-0.2, 0) is 4.79 Å². The predicted molar refractivity (Wildman–Crippen MR) is 96.6 cm³/mol. The van der Waals surface area contributed by atoms with E-state index in [1.807, 2.05) is 12.1 Å². The van der Waals surface area contributed by atoms with Crippen LogP contribution in [0.15, 0.2) is 29.7 Å². The molecule has 2 aliphatic rings. The number of nitrogens with one attached hydrogen (secondary N) is 1. The van der Waals surface area contributed by atoms with E-state index in [0.29, 0.717) is 18.3 Å². The quantitative estimate of drug-likeness (QED) is 0.617. The van der Waals surface area contributed by atoms with Crippen LogP contribution in [0.4, 0.5) is 4.79 Å². The molecular weight excluding hydrogens is 352 g/mol. The van der Waals surface area contributed by atoms with Crippen LogP contribution in [0.5, 0.6) is 0 Å². The number of urea groups is 1. The highest BCUT2D eigenvalue weighted by Crippen LogP contribution is 2.40. The molecule has 2 aromatic heterocycles. The lowest BCUT2D eigenvalue weighted by Gasteiger charge is -2.15. The van der Waals surface area contributed by atoms with Crippen LogP contribution in [0.25, 0.3) is 11.4 Å². The fourth-order valence-corrected chi connectivity index (χ4v) is 3.91. The number of rotatable bonds is 6. The Labute approximate surface area is 155 Å². The summed E-state index contributed by atoms with van der Waals surface area (Å²) in [6.07, 6.45) is 5.74. The van der Waals surface area contributed by atoms with Gasteiger partial charge in [0.2, 0.25) is 0 Å². The lowest BCUT2D eigenvalue weighted by atomic mass is 10.1. The van der Waals surface area contributed by atoms with Crippen LogP contribution in [0.1, 0.15) is 32.7 Å². The number of imide groups is 1. The molecule has 4 rings (SSSR count). The summed E-state index contributed by atoms with van der Waals surface area (Å²) in [5.41, 5.74) is 0.109. The second-order valence-corrected chi connectivity index (χ2v) is 8.07. The summed E-state index contributed by atoms with van der Waals surface area (Å²) < 4.78 is 2.15. The van der Waals surface area contributed by atoms with Crippen LogP contribution >= 0.6 is 11.8 Å². The number of hydrogen-bond acceptors (Lipinski definition) is 6. The fraction of sp³-hybridized carbons (Fsp3) is 0.471. The number of nitrogens with zero attached hydrogens (tertiary/aromatic N) is 5.